The average Bonchev–Trinajstić information content (AvgIpc) is 2.54. The number of carbonyl (C=O) groups excluding carboxylic acids is 1. The lowest BCUT2D eigenvalue weighted by molar-refractivity contribution is -0.134. The summed E-state index contributed by atoms with van der Waals surface area (Å²) < 4.78 is 0. The normalized spacial score (nSPS) is 19.2. The lowest BCUT2D eigenvalue weighted by Gasteiger charge is -2.38. The van der Waals surface area contributed by atoms with Crippen LogP contribution in [0.4, 0.5) is 0 Å². The van der Waals surface area contributed by atoms with Crippen molar-refractivity contribution in [1.29, 1.82) is 0 Å². The van der Waals surface area contributed by atoms with Gasteiger partial charge < -0.3 is 10.6 Å². The number of rotatable bonds is 3. The van der Waals surface area contributed by atoms with Crippen molar-refractivity contribution in [3.8, 4) is 0 Å². The molecule has 2 unspecified atom stereocenters. The second-order valence-corrected chi connectivity index (χ2v) is 6.37. The van der Waals surface area contributed by atoms with Crippen LogP contribution in [0.15, 0.2) is 42.5 Å². The van der Waals surface area contributed by atoms with E-state index in [0.717, 1.165) is 24.9 Å². The first-order valence-electron chi connectivity index (χ1n) is 8.18. The van der Waals surface area contributed by atoms with Gasteiger partial charge in [0.2, 0.25) is 5.91 Å². The summed E-state index contributed by atoms with van der Waals surface area (Å²) in [6, 6.07) is 14.8. The van der Waals surface area contributed by atoms with Crippen molar-refractivity contribution in [2.45, 2.75) is 44.7 Å². The molecule has 1 heterocycles. The van der Waals surface area contributed by atoms with Crippen LogP contribution in [0.1, 0.15) is 31.7 Å². The Balaban J connectivity index is 0.00000192. The predicted octanol–water partition coefficient (Wildman–Crippen LogP) is 3.53. The van der Waals surface area contributed by atoms with Crippen LogP contribution in [0.2, 0.25) is 0 Å². The Morgan fingerprint density at radius 1 is 1.22 bits per heavy atom. The minimum absolute atomic E-state index is 0. The monoisotopic (exact) mass is 332 g/mol. The summed E-state index contributed by atoms with van der Waals surface area (Å²) in [4.78, 5) is 14.7. The fourth-order valence-corrected chi connectivity index (χ4v) is 3.44. The highest BCUT2D eigenvalue weighted by Gasteiger charge is 2.28. The van der Waals surface area contributed by atoms with E-state index in [4.69, 9.17) is 5.73 Å². The van der Waals surface area contributed by atoms with Crippen molar-refractivity contribution in [3.05, 3.63) is 48.0 Å². The molecule has 1 aliphatic heterocycles. The van der Waals surface area contributed by atoms with Crippen molar-refractivity contribution in [2.75, 3.05) is 6.54 Å². The van der Waals surface area contributed by atoms with Crippen LogP contribution in [0.3, 0.4) is 0 Å². The van der Waals surface area contributed by atoms with Gasteiger partial charge >= 0.3 is 0 Å². The molecular weight excluding hydrogens is 308 g/mol. The van der Waals surface area contributed by atoms with E-state index < -0.39 is 0 Å². The minimum Gasteiger partial charge on any atom is -0.338 e. The number of nitrogens with two attached hydrogens (primary N) is 1. The molecule has 0 spiro atoms. The molecule has 0 saturated carbocycles. The molecule has 1 aliphatic rings. The number of carbonyl (C=O) groups is 1. The molecule has 1 amide bonds. The molecule has 2 aromatic rings. The van der Waals surface area contributed by atoms with Crippen molar-refractivity contribution in [3.63, 3.8) is 0 Å². The smallest absolute Gasteiger partial charge is 0.227 e. The quantitative estimate of drug-likeness (QED) is 0.934. The van der Waals surface area contributed by atoms with Crippen molar-refractivity contribution in [2.24, 2.45) is 5.73 Å². The van der Waals surface area contributed by atoms with Crippen LogP contribution in [0.5, 0.6) is 0 Å². The Labute approximate surface area is 144 Å². The number of hydrogen-bond acceptors (Lipinski definition) is 2. The highest BCUT2D eigenvalue weighted by atomic mass is 35.5. The number of nitrogens with zero attached hydrogens (tertiary/aromatic N) is 1. The highest BCUT2D eigenvalue weighted by Crippen LogP contribution is 2.21. The largest absolute Gasteiger partial charge is 0.338 e. The van der Waals surface area contributed by atoms with Gasteiger partial charge in [0.1, 0.15) is 0 Å². The number of piperidine rings is 1. The summed E-state index contributed by atoms with van der Waals surface area (Å²) in [6.45, 7) is 2.85. The molecule has 3 rings (SSSR count). The Hall–Kier alpha value is -1.58. The van der Waals surface area contributed by atoms with E-state index >= 15 is 0 Å². The number of halogens is 1. The molecule has 4 heteroatoms. The fraction of sp³-hybridized carbons (Fsp3) is 0.421. The maximum atomic E-state index is 12.7. The van der Waals surface area contributed by atoms with Crippen LogP contribution in [-0.4, -0.2) is 29.4 Å². The average molecular weight is 333 g/mol. The van der Waals surface area contributed by atoms with Gasteiger partial charge in [-0.2, -0.15) is 0 Å². The summed E-state index contributed by atoms with van der Waals surface area (Å²) in [5, 5.41) is 2.40. The van der Waals surface area contributed by atoms with Crippen LogP contribution in [-0.2, 0) is 11.2 Å². The second kappa shape index (κ2) is 7.80. The first-order chi connectivity index (χ1) is 10.6. The van der Waals surface area contributed by atoms with E-state index in [1.807, 2.05) is 24.0 Å². The van der Waals surface area contributed by atoms with Crippen molar-refractivity contribution < 1.29 is 4.79 Å². The highest BCUT2D eigenvalue weighted by molar-refractivity contribution is 5.86. The van der Waals surface area contributed by atoms with E-state index in [0.29, 0.717) is 6.42 Å². The minimum atomic E-state index is 0. The van der Waals surface area contributed by atoms with Gasteiger partial charge in [-0.15, -0.1) is 12.4 Å². The summed E-state index contributed by atoms with van der Waals surface area (Å²) in [6.07, 6.45) is 3.76. The van der Waals surface area contributed by atoms with Crippen LogP contribution < -0.4 is 5.73 Å². The molecule has 2 aromatic carbocycles. The standard InChI is InChI=1S/C19H24N2O.ClH/c1-14(20)18-8-4-5-11-21(18)19(22)13-15-9-10-16-6-2-3-7-17(16)12-15;/h2-3,6-7,9-10,12,14,18H,4-5,8,11,13,20H2,1H3;1H. The second-order valence-electron chi connectivity index (χ2n) is 6.37. The van der Waals surface area contributed by atoms with Gasteiger partial charge in [-0.1, -0.05) is 42.5 Å². The van der Waals surface area contributed by atoms with Gasteiger partial charge in [-0.25, -0.2) is 0 Å². The van der Waals surface area contributed by atoms with E-state index in [1.54, 1.807) is 0 Å². The number of likely N-dealkylation sites (tertiary alicyclic amines) is 1. The zero-order chi connectivity index (χ0) is 15.5. The zero-order valence-corrected chi connectivity index (χ0v) is 14.4. The third-order valence-electron chi connectivity index (χ3n) is 4.65. The first-order valence-corrected chi connectivity index (χ1v) is 8.18. The Kier molecular flexibility index (Phi) is 6.03. The molecule has 2 atom stereocenters. The Morgan fingerprint density at radius 3 is 2.70 bits per heavy atom. The Bertz CT molecular complexity index is 671. The van der Waals surface area contributed by atoms with Crippen LogP contribution >= 0.6 is 12.4 Å². The van der Waals surface area contributed by atoms with Gasteiger partial charge in [0.15, 0.2) is 0 Å². The van der Waals surface area contributed by atoms with Crippen LogP contribution in [0, 0.1) is 0 Å². The number of amides is 1. The molecule has 1 saturated heterocycles. The third kappa shape index (κ3) is 4.04. The van der Waals surface area contributed by atoms with Gasteiger partial charge in [-0.05, 0) is 42.5 Å². The maximum absolute atomic E-state index is 12.7. The number of benzene rings is 2. The van der Waals surface area contributed by atoms with E-state index in [1.165, 1.54) is 17.2 Å². The summed E-state index contributed by atoms with van der Waals surface area (Å²) in [7, 11) is 0. The molecule has 0 aliphatic carbocycles. The van der Waals surface area contributed by atoms with E-state index in [-0.39, 0.29) is 30.4 Å². The SMILES string of the molecule is CC(N)C1CCCCN1C(=O)Cc1ccc2ccccc2c1.Cl. The van der Waals surface area contributed by atoms with Gasteiger partial charge in [-0.3, -0.25) is 4.79 Å². The molecule has 3 nitrogen and oxygen atoms in total. The van der Waals surface area contributed by atoms with E-state index in [9.17, 15) is 4.79 Å². The summed E-state index contributed by atoms with van der Waals surface area (Å²) in [5.41, 5.74) is 7.15. The zero-order valence-electron chi connectivity index (χ0n) is 13.6. The summed E-state index contributed by atoms with van der Waals surface area (Å²) in [5.74, 6) is 0.206. The first kappa shape index (κ1) is 17.8. The third-order valence-corrected chi connectivity index (χ3v) is 4.65. The number of hydrogen-bond donors (Lipinski definition) is 1. The molecule has 0 bridgehead atoms. The fourth-order valence-electron chi connectivity index (χ4n) is 3.44. The molecule has 0 aromatic heterocycles. The topological polar surface area (TPSA) is 46.3 Å². The van der Waals surface area contributed by atoms with Crippen molar-refractivity contribution in [1.82, 2.24) is 4.90 Å². The molecule has 0 radical (unpaired) electrons. The molecule has 2 N–H and O–H groups in total. The lowest BCUT2D eigenvalue weighted by atomic mass is 9.96. The van der Waals surface area contributed by atoms with Gasteiger partial charge in [0.05, 0.1) is 6.42 Å². The predicted molar refractivity (Wildman–Crippen MR) is 97.9 cm³/mol. The van der Waals surface area contributed by atoms with Crippen LogP contribution in [0.25, 0.3) is 10.8 Å². The van der Waals surface area contributed by atoms with Gasteiger partial charge in [0.25, 0.3) is 0 Å². The summed E-state index contributed by atoms with van der Waals surface area (Å²) >= 11 is 0. The Morgan fingerprint density at radius 2 is 1.96 bits per heavy atom. The molecule has 1 fully saturated rings. The molecule has 124 valence electrons. The molecule has 23 heavy (non-hydrogen) atoms. The van der Waals surface area contributed by atoms with Crippen molar-refractivity contribution >= 4 is 29.1 Å². The van der Waals surface area contributed by atoms with Gasteiger partial charge in [0, 0.05) is 18.6 Å². The molecular formula is C19H25ClN2O. The number of fused-ring (bicyclic) bond motifs is 1. The maximum Gasteiger partial charge on any atom is 0.227 e. The van der Waals surface area contributed by atoms with E-state index in [2.05, 4.69) is 30.3 Å². The lowest BCUT2D eigenvalue weighted by Crippen LogP contribution is -2.52.